The molecule has 34 valence electrons. The molecule has 0 amide bonds. The molecule has 0 rings (SSSR count). The van der Waals surface area contributed by atoms with Crippen molar-refractivity contribution in [3.8, 4) is 0 Å². The van der Waals surface area contributed by atoms with E-state index >= 15 is 0 Å². The van der Waals surface area contributed by atoms with Gasteiger partial charge < -0.3 is 10.2 Å². The maximum absolute atomic E-state index is 8.95. The molecule has 0 aliphatic rings. The Morgan fingerprint density at radius 1 is 1.67 bits per heavy atom. The van der Waals surface area contributed by atoms with Crippen molar-refractivity contribution in [1.82, 2.24) is 0 Å². The van der Waals surface area contributed by atoms with Crippen LogP contribution in [0.5, 0.6) is 0 Å². The first-order chi connectivity index (χ1) is 1.91. The molecule has 0 unspecified atom stereocenters. The topological polar surface area (TPSA) is 57.8 Å². The number of methoxy groups -OCH3 is 1. The summed E-state index contributed by atoms with van der Waals surface area (Å²) < 4.78 is 3.86. The van der Waals surface area contributed by atoms with Gasteiger partial charge in [0, 0.05) is 0 Å². The van der Waals surface area contributed by atoms with Crippen LogP contribution in [0.2, 0.25) is 0 Å². The summed E-state index contributed by atoms with van der Waals surface area (Å²) in [6.45, 7) is 0.375. The van der Waals surface area contributed by atoms with Crippen molar-refractivity contribution in [2.75, 3.05) is 7.11 Å². The molecular weight excluding hydrogens is 79.0 g/mol. The Balaban J connectivity index is -0.0000000450. The zero-order valence-corrected chi connectivity index (χ0v) is 2.89. The summed E-state index contributed by atoms with van der Waals surface area (Å²) in [4.78, 5) is 8.95. The fraction of sp³-hybridized carbons (Fsp3) is 0.500. The summed E-state index contributed by atoms with van der Waals surface area (Å²) >= 11 is 0. The van der Waals surface area contributed by atoms with Crippen LogP contribution in [0, 0.1) is 0 Å². The number of hydrogen-bond donors (Lipinski definition) is 0. The van der Waals surface area contributed by atoms with E-state index in [4.69, 9.17) is 4.79 Å². The number of hydrogen-bond acceptors (Lipinski definition) is 2. The van der Waals surface area contributed by atoms with E-state index in [-0.39, 0.29) is 24.3 Å². The van der Waals surface area contributed by atoms with Gasteiger partial charge in [0.05, 0.1) is 7.11 Å². The molecule has 6 heavy (non-hydrogen) atoms. The minimum atomic E-state index is 0. The van der Waals surface area contributed by atoms with E-state index in [0.717, 1.165) is 0 Å². The van der Waals surface area contributed by atoms with Crippen LogP contribution in [-0.4, -0.2) is 37.9 Å². The first-order valence-corrected chi connectivity index (χ1v) is 0.880. The van der Waals surface area contributed by atoms with Crippen LogP contribution in [0.25, 0.3) is 0 Å². The summed E-state index contributed by atoms with van der Waals surface area (Å²) in [5.41, 5.74) is 0. The Morgan fingerprint density at radius 3 is 1.83 bits per heavy atom. The van der Waals surface area contributed by atoms with E-state index in [0.29, 0.717) is 6.47 Å². The van der Waals surface area contributed by atoms with E-state index in [1.165, 1.54) is 7.11 Å². The number of rotatable bonds is 1. The molecule has 0 bridgehead atoms. The predicted octanol–water partition coefficient (Wildman–Crippen LogP) is -1.68. The second kappa shape index (κ2) is 19.8. The fourth-order valence-corrected chi connectivity index (χ4v) is 0. The molecule has 0 aliphatic carbocycles. The Hall–Kier alpha value is 0.0274. The van der Waals surface area contributed by atoms with Gasteiger partial charge in [0.1, 0.15) is 0 Å². The summed E-state index contributed by atoms with van der Waals surface area (Å²) in [5.74, 6) is 0. The molecule has 0 atom stereocenters. The average molecular weight is 86.0 g/mol. The van der Waals surface area contributed by atoms with Crippen molar-refractivity contribution in [3.63, 3.8) is 0 Å². The standard InChI is InChI=1S/C2H4O2.Li.H2O.H/c1-4-2-3;;;/h2H,1H3;;1H2;. The fourth-order valence-electron chi connectivity index (χ4n) is 0. The van der Waals surface area contributed by atoms with Crippen molar-refractivity contribution in [3.05, 3.63) is 0 Å². The normalized spacial score (nSPS) is 3.50. The molecule has 0 fully saturated rings. The van der Waals surface area contributed by atoms with Gasteiger partial charge in [-0.25, -0.2) is 0 Å². The van der Waals surface area contributed by atoms with E-state index < -0.39 is 0 Å². The molecule has 0 aromatic heterocycles. The van der Waals surface area contributed by atoms with Crippen LogP contribution >= 0.6 is 0 Å². The Kier molecular flexibility index (Phi) is 55.0. The molecule has 3 nitrogen and oxygen atoms in total. The zero-order valence-electron chi connectivity index (χ0n) is 2.89. The van der Waals surface area contributed by atoms with E-state index in [1.807, 2.05) is 0 Å². The second-order valence-electron chi connectivity index (χ2n) is 0.332. The molecule has 0 heterocycles. The molecule has 2 N–H and O–H groups in total. The number of carbonyl (C=O) groups excluding carboxylic acids is 1. The maximum atomic E-state index is 8.95. The van der Waals surface area contributed by atoms with E-state index in [2.05, 4.69) is 4.74 Å². The van der Waals surface area contributed by atoms with Gasteiger partial charge in [-0.15, -0.1) is 0 Å². The third kappa shape index (κ3) is 35.0. The van der Waals surface area contributed by atoms with Gasteiger partial charge in [0.2, 0.25) is 0 Å². The first-order valence-electron chi connectivity index (χ1n) is 0.880. The second-order valence-corrected chi connectivity index (χ2v) is 0.332. The van der Waals surface area contributed by atoms with Crippen LogP contribution in [0.15, 0.2) is 0 Å². The Labute approximate surface area is 48.2 Å². The first kappa shape index (κ1) is 16.6. The summed E-state index contributed by atoms with van der Waals surface area (Å²) in [6.07, 6.45) is 0. The Morgan fingerprint density at radius 2 is 1.83 bits per heavy atom. The molecule has 0 aliphatic heterocycles. The summed E-state index contributed by atoms with van der Waals surface area (Å²) in [6, 6.07) is 0. The summed E-state index contributed by atoms with van der Waals surface area (Å²) in [5, 5.41) is 0. The van der Waals surface area contributed by atoms with Gasteiger partial charge in [-0.2, -0.15) is 0 Å². The van der Waals surface area contributed by atoms with Crippen molar-refractivity contribution >= 4 is 25.3 Å². The van der Waals surface area contributed by atoms with Gasteiger partial charge in [0.25, 0.3) is 6.47 Å². The van der Waals surface area contributed by atoms with Crippen LogP contribution < -0.4 is 0 Å². The van der Waals surface area contributed by atoms with Crippen molar-refractivity contribution in [2.45, 2.75) is 0 Å². The Bertz CT molecular complexity index is 22.8. The third-order valence-electron chi connectivity index (χ3n) is 0.0962. The molecule has 0 spiro atoms. The van der Waals surface area contributed by atoms with Gasteiger partial charge in [0.15, 0.2) is 0 Å². The molecule has 0 saturated carbocycles. The SMILES string of the molecule is COC=O.O.[LiH]. The third-order valence-corrected chi connectivity index (χ3v) is 0.0962. The summed E-state index contributed by atoms with van der Waals surface area (Å²) in [7, 11) is 1.31. The van der Waals surface area contributed by atoms with Crippen LogP contribution in [0.1, 0.15) is 0 Å². The quantitative estimate of drug-likeness (QED) is 0.282. The van der Waals surface area contributed by atoms with Crippen molar-refractivity contribution < 1.29 is 15.0 Å². The van der Waals surface area contributed by atoms with E-state index in [9.17, 15) is 0 Å². The number of carbonyl (C=O) groups is 1. The van der Waals surface area contributed by atoms with E-state index in [1.54, 1.807) is 0 Å². The molecule has 0 radical (unpaired) electrons. The predicted molar refractivity (Wildman–Crippen MR) is 23.8 cm³/mol. The molecule has 4 heteroatoms. The minimum absolute atomic E-state index is 0. The monoisotopic (exact) mass is 86.1 g/mol. The van der Waals surface area contributed by atoms with Gasteiger partial charge in [-0.05, 0) is 0 Å². The van der Waals surface area contributed by atoms with Gasteiger partial charge in [-0.1, -0.05) is 0 Å². The van der Waals surface area contributed by atoms with Crippen LogP contribution in [0.4, 0.5) is 0 Å². The molecule has 0 saturated heterocycles. The van der Waals surface area contributed by atoms with Crippen LogP contribution in [0.3, 0.4) is 0 Å². The average Bonchev–Trinajstić information content (AvgIpc) is 1.37. The van der Waals surface area contributed by atoms with Crippen molar-refractivity contribution in [2.24, 2.45) is 0 Å². The zero-order chi connectivity index (χ0) is 3.41. The van der Waals surface area contributed by atoms with Gasteiger partial charge >= 0.3 is 18.9 Å². The molecule has 0 aromatic carbocycles. The number of ether oxygens (including phenoxy) is 1. The van der Waals surface area contributed by atoms with Crippen molar-refractivity contribution in [1.29, 1.82) is 0 Å². The van der Waals surface area contributed by atoms with Crippen LogP contribution in [-0.2, 0) is 9.53 Å². The molecular formula is C2H7LiO3. The van der Waals surface area contributed by atoms with Gasteiger partial charge in [-0.3, -0.25) is 4.79 Å². The molecule has 0 aromatic rings.